The molecular weight excluding hydrogens is 188 g/mol. The SMILES string of the molecule is C[C](C)OS(=O)(=O)c1ccccc1. The first-order valence-corrected chi connectivity index (χ1v) is 5.23. The molecule has 0 N–H and O–H groups in total. The molecule has 1 rings (SSSR count). The van der Waals surface area contributed by atoms with Crippen LogP contribution in [-0.4, -0.2) is 8.42 Å². The standard InChI is InChI=1S/C9H11O3S/c1-8(2)12-13(10,11)9-6-4-3-5-7-9/h3-7H,1-2H3. The van der Waals surface area contributed by atoms with E-state index in [2.05, 4.69) is 0 Å². The Labute approximate surface area is 78.5 Å². The summed E-state index contributed by atoms with van der Waals surface area (Å²) in [6.07, 6.45) is 0.406. The molecule has 0 saturated heterocycles. The fraction of sp³-hybridized carbons (Fsp3) is 0.222. The lowest BCUT2D eigenvalue weighted by molar-refractivity contribution is 0.343. The summed E-state index contributed by atoms with van der Waals surface area (Å²) in [7, 11) is -3.60. The van der Waals surface area contributed by atoms with Gasteiger partial charge in [0.2, 0.25) is 0 Å². The van der Waals surface area contributed by atoms with Crippen molar-refractivity contribution in [2.24, 2.45) is 0 Å². The molecule has 0 aromatic heterocycles. The minimum atomic E-state index is -3.60. The smallest absolute Gasteiger partial charge is 0.257 e. The molecule has 0 bridgehead atoms. The van der Waals surface area contributed by atoms with E-state index in [-0.39, 0.29) is 4.90 Å². The Hall–Kier alpha value is -0.870. The van der Waals surface area contributed by atoms with E-state index in [1.807, 2.05) is 0 Å². The van der Waals surface area contributed by atoms with Gasteiger partial charge in [0, 0.05) is 0 Å². The van der Waals surface area contributed by atoms with Crippen molar-refractivity contribution in [3.8, 4) is 0 Å². The second kappa shape index (κ2) is 3.89. The van der Waals surface area contributed by atoms with Gasteiger partial charge in [-0.1, -0.05) is 18.2 Å². The first-order valence-electron chi connectivity index (χ1n) is 3.82. The number of rotatable bonds is 3. The molecule has 1 radical (unpaired) electrons. The van der Waals surface area contributed by atoms with Gasteiger partial charge in [-0.05, 0) is 26.0 Å². The maximum atomic E-state index is 11.4. The van der Waals surface area contributed by atoms with Gasteiger partial charge in [0.15, 0.2) is 0 Å². The maximum Gasteiger partial charge on any atom is 0.297 e. The van der Waals surface area contributed by atoms with E-state index in [1.165, 1.54) is 12.1 Å². The monoisotopic (exact) mass is 199 g/mol. The molecule has 0 saturated carbocycles. The fourth-order valence-electron chi connectivity index (χ4n) is 0.855. The van der Waals surface area contributed by atoms with Crippen molar-refractivity contribution in [1.29, 1.82) is 0 Å². The summed E-state index contributed by atoms with van der Waals surface area (Å²) in [6, 6.07) is 8.06. The number of hydrogen-bond donors (Lipinski definition) is 0. The summed E-state index contributed by atoms with van der Waals surface area (Å²) in [5, 5.41) is 0. The zero-order valence-electron chi connectivity index (χ0n) is 7.52. The summed E-state index contributed by atoms with van der Waals surface area (Å²) in [5.74, 6) is 0. The van der Waals surface area contributed by atoms with Gasteiger partial charge >= 0.3 is 0 Å². The fourth-order valence-corrected chi connectivity index (χ4v) is 1.88. The number of hydrogen-bond acceptors (Lipinski definition) is 3. The van der Waals surface area contributed by atoms with Gasteiger partial charge < -0.3 is 0 Å². The van der Waals surface area contributed by atoms with Gasteiger partial charge in [0.25, 0.3) is 10.1 Å². The van der Waals surface area contributed by atoms with Gasteiger partial charge in [-0.3, -0.25) is 4.18 Å². The normalized spacial score (nSPS) is 11.9. The molecule has 4 heteroatoms. The van der Waals surface area contributed by atoms with E-state index in [4.69, 9.17) is 4.18 Å². The summed E-state index contributed by atoms with van der Waals surface area (Å²) in [5.41, 5.74) is 0. The summed E-state index contributed by atoms with van der Waals surface area (Å²) in [4.78, 5) is 0.177. The molecule has 0 aliphatic carbocycles. The third-order valence-electron chi connectivity index (χ3n) is 1.31. The van der Waals surface area contributed by atoms with Crippen LogP contribution in [0, 0.1) is 6.10 Å². The Morgan fingerprint density at radius 1 is 1.15 bits per heavy atom. The molecule has 0 atom stereocenters. The highest BCUT2D eigenvalue weighted by Gasteiger charge is 2.16. The molecule has 0 amide bonds. The molecule has 0 aliphatic rings. The maximum absolute atomic E-state index is 11.4. The Balaban J connectivity index is 2.96. The van der Waals surface area contributed by atoms with Gasteiger partial charge in [-0.2, -0.15) is 8.42 Å². The van der Waals surface area contributed by atoms with E-state index in [0.717, 1.165) is 0 Å². The summed E-state index contributed by atoms with van der Waals surface area (Å²) < 4.78 is 27.5. The van der Waals surface area contributed by atoms with Crippen LogP contribution in [0.3, 0.4) is 0 Å². The van der Waals surface area contributed by atoms with E-state index < -0.39 is 10.1 Å². The van der Waals surface area contributed by atoms with Crippen LogP contribution in [0.5, 0.6) is 0 Å². The quantitative estimate of drug-likeness (QED) is 0.699. The molecule has 0 fully saturated rings. The van der Waals surface area contributed by atoms with E-state index in [0.29, 0.717) is 6.10 Å². The highest BCUT2D eigenvalue weighted by atomic mass is 32.2. The molecule has 13 heavy (non-hydrogen) atoms. The third kappa shape index (κ3) is 2.82. The van der Waals surface area contributed by atoms with Crippen molar-refractivity contribution in [2.75, 3.05) is 0 Å². The van der Waals surface area contributed by atoms with Crippen LogP contribution < -0.4 is 0 Å². The Kier molecular flexibility index (Phi) is 3.06. The van der Waals surface area contributed by atoms with E-state index in [1.54, 1.807) is 32.0 Å². The molecule has 1 aromatic rings. The number of benzene rings is 1. The predicted octanol–water partition coefficient (Wildman–Crippen LogP) is 1.96. The first kappa shape index (κ1) is 10.2. The first-order chi connectivity index (χ1) is 6.02. The van der Waals surface area contributed by atoms with Crippen molar-refractivity contribution in [2.45, 2.75) is 18.7 Å². The summed E-state index contributed by atoms with van der Waals surface area (Å²) >= 11 is 0. The van der Waals surface area contributed by atoms with Crippen molar-refractivity contribution in [3.05, 3.63) is 36.4 Å². The van der Waals surface area contributed by atoms with Crippen LogP contribution in [0.1, 0.15) is 13.8 Å². The van der Waals surface area contributed by atoms with Crippen molar-refractivity contribution in [3.63, 3.8) is 0 Å². The van der Waals surface area contributed by atoms with Crippen LogP contribution >= 0.6 is 0 Å². The predicted molar refractivity (Wildman–Crippen MR) is 49.3 cm³/mol. The van der Waals surface area contributed by atoms with Crippen LogP contribution in [0.4, 0.5) is 0 Å². The van der Waals surface area contributed by atoms with Crippen molar-refractivity contribution >= 4 is 10.1 Å². The van der Waals surface area contributed by atoms with E-state index in [9.17, 15) is 8.42 Å². The minimum Gasteiger partial charge on any atom is -0.257 e. The summed E-state index contributed by atoms with van der Waals surface area (Å²) in [6.45, 7) is 3.20. The Morgan fingerprint density at radius 2 is 1.69 bits per heavy atom. The van der Waals surface area contributed by atoms with Gasteiger partial charge in [0.05, 0.1) is 4.90 Å². The molecule has 1 aromatic carbocycles. The lowest BCUT2D eigenvalue weighted by atomic mass is 10.4. The zero-order valence-corrected chi connectivity index (χ0v) is 8.34. The Morgan fingerprint density at radius 3 is 2.15 bits per heavy atom. The van der Waals surface area contributed by atoms with E-state index >= 15 is 0 Å². The average molecular weight is 199 g/mol. The molecule has 0 aliphatic heterocycles. The highest BCUT2D eigenvalue weighted by Crippen LogP contribution is 2.15. The lowest BCUT2D eigenvalue weighted by Crippen LogP contribution is -2.07. The second-order valence-corrected chi connectivity index (χ2v) is 4.31. The molecule has 3 nitrogen and oxygen atoms in total. The van der Waals surface area contributed by atoms with Crippen molar-refractivity contribution < 1.29 is 12.6 Å². The van der Waals surface area contributed by atoms with Crippen LogP contribution in [0.15, 0.2) is 35.2 Å². The van der Waals surface area contributed by atoms with Gasteiger partial charge in [-0.25, -0.2) is 0 Å². The largest absolute Gasteiger partial charge is 0.297 e. The molecule has 71 valence electrons. The molecular formula is C9H11O3S. The average Bonchev–Trinajstić information content (AvgIpc) is 2.04. The van der Waals surface area contributed by atoms with Crippen molar-refractivity contribution in [1.82, 2.24) is 0 Å². The highest BCUT2D eigenvalue weighted by molar-refractivity contribution is 7.86. The second-order valence-electron chi connectivity index (χ2n) is 2.76. The minimum absolute atomic E-state index is 0.177. The third-order valence-corrected chi connectivity index (χ3v) is 2.71. The Bertz CT molecular complexity index is 354. The van der Waals surface area contributed by atoms with Crippen LogP contribution in [0.25, 0.3) is 0 Å². The van der Waals surface area contributed by atoms with Gasteiger partial charge in [0.1, 0.15) is 6.10 Å². The zero-order chi connectivity index (χ0) is 9.90. The topological polar surface area (TPSA) is 43.4 Å². The lowest BCUT2D eigenvalue weighted by Gasteiger charge is -2.06. The molecule has 0 spiro atoms. The van der Waals surface area contributed by atoms with Crippen LogP contribution in [-0.2, 0) is 14.3 Å². The molecule has 0 heterocycles. The van der Waals surface area contributed by atoms with Gasteiger partial charge in [-0.15, -0.1) is 0 Å². The molecule has 0 unspecified atom stereocenters. The van der Waals surface area contributed by atoms with Crippen LogP contribution in [0.2, 0.25) is 0 Å².